The number of amides is 2. The fourth-order valence-corrected chi connectivity index (χ4v) is 1.43. The Hall–Kier alpha value is -1.30. The third-order valence-corrected chi connectivity index (χ3v) is 2.75. The molecule has 0 aliphatic rings. The van der Waals surface area contributed by atoms with E-state index in [2.05, 4.69) is 10.6 Å². The lowest BCUT2D eigenvalue weighted by atomic mass is 9.99. The van der Waals surface area contributed by atoms with Gasteiger partial charge in [-0.1, -0.05) is 34.1 Å². The van der Waals surface area contributed by atoms with Crippen molar-refractivity contribution >= 4 is 12.0 Å². The third kappa shape index (κ3) is 8.42. The summed E-state index contributed by atoms with van der Waals surface area (Å²) < 4.78 is 5.31. The molecule has 19 heavy (non-hydrogen) atoms. The summed E-state index contributed by atoms with van der Waals surface area (Å²) in [5, 5.41) is 14.1. The van der Waals surface area contributed by atoms with Crippen LogP contribution in [0.1, 0.15) is 34.1 Å². The van der Waals surface area contributed by atoms with Crippen LogP contribution in [-0.2, 0) is 9.53 Å². The third-order valence-electron chi connectivity index (χ3n) is 2.75. The highest BCUT2D eigenvalue weighted by atomic mass is 16.5. The molecule has 0 bridgehead atoms. The predicted molar refractivity (Wildman–Crippen MR) is 73.1 cm³/mol. The van der Waals surface area contributed by atoms with E-state index in [1.807, 2.05) is 20.8 Å². The van der Waals surface area contributed by atoms with Gasteiger partial charge in [-0.15, -0.1) is 0 Å². The Kier molecular flexibility index (Phi) is 8.95. The van der Waals surface area contributed by atoms with Gasteiger partial charge in [-0.25, -0.2) is 9.59 Å². The second kappa shape index (κ2) is 9.61. The summed E-state index contributed by atoms with van der Waals surface area (Å²) in [6.45, 7) is 9.21. The smallest absolute Gasteiger partial charge is 0.326 e. The number of rotatable bonds is 9. The van der Waals surface area contributed by atoms with Crippen LogP contribution in [0.2, 0.25) is 0 Å². The Labute approximate surface area is 114 Å². The van der Waals surface area contributed by atoms with Crippen molar-refractivity contribution in [3.8, 4) is 0 Å². The molecule has 2 amide bonds. The van der Waals surface area contributed by atoms with Gasteiger partial charge in [0.05, 0.1) is 6.61 Å². The molecule has 3 N–H and O–H groups in total. The minimum absolute atomic E-state index is 0.111. The van der Waals surface area contributed by atoms with Gasteiger partial charge in [-0.05, 0) is 11.8 Å². The van der Waals surface area contributed by atoms with Gasteiger partial charge in [0.2, 0.25) is 0 Å². The van der Waals surface area contributed by atoms with Gasteiger partial charge < -0.3 is 20.5 Å². The molecule has 112 valence electrons. The van der Waals surface area contributed by atoms with Gasteiger partial charge >= 0.3 is 12.0 Å². The fraction of sp³-hybridized carbons (Fsp3) is 0.846. The summed E-state index contributed by atoms with van der Waals surface area (Å²) in [4.78, 5) is 22.6. The highest BCUT2D eigenvalue weighted by molar-refractivity contribution is 5.82. The average Bonchev–Trinajstić information content (AvgIpc) is 2.33. The topological polar surface area (TPSA) is 87.7 Å². The van der Waals surface area contributed by atoms with Crippen molar-refractivity contribution in [1.82, 2.24) is 10.6 Å². The van der Waals surface area contributed by atoms with E-state index in [1.165, 1.54) is 0 Å². The number of urea groups is 1. The first kappa shape index (κ1) is 17.7. The molecule has 6 nitrogen and oxygen atoms in total. The molecule has 0 aromatic heterocycles. The van der Waals surface area contributed by atoms with Gasteiger partial charge in [0.25, 0.3) is 0 Å². The fourth-order valence-electron chi connectivity index (χ4n) is 1.43. The number of aliphatic carboxylic acids is 1. The maximum Gasteiger partial charge on any atom is 0.326 e. The first-order valence-electron chi connectivity index (χ1n) is 6.73. The molecule has 0 saturated carbocycles. The molecule has 2 atom stereocenters. The van der Waals surface area contributed by atoms with Crippen molar-refractivity contribution in [3.05, 3.63) is 0 Å². The minimum atomic E-state index is -1.01. The lowest BCUT2D eigenvalue weighted by molar-refractivity contribution is -0.140. The van der Waals surface area contributed by atoms with Gasteiger partial charge in [0.15, 0.2) is 0 Å². The molecule has 0 aliphatic carbocycles. The Bertz CT molecular complexity index is 282. The minimum Gasteiger partial charge on any atom is -0.480 e. The molecule has 0 aliphatic heterocycles. The molecule has 6 heteroatoms. The van der Waals surface area contributed by atoms with Crippen LogP contribution in [0.15, 0.2) is 0 Å². The summed E-state index contributed by atoms with van der Waals surface area (Å²) >= 11 is 0. The lowest BCUT2D eigenvalue weighted by Gasteiger charge is -2.20. The second-order valence-corrected chi connectivity index (χ2v) is 5.07. The van der Waals surface area contributed by atoms with E-state index in [9.17, 15) is 9.59 Å². The first-order chi connectivity index (χ1) is 8.88. The van der Waals surface area contributed by atoms with E-state index in [1.54, 1.807) is 6.92 Å². The molecule has 0 spiro atoms. The number of carbonyl (C=O) groups excluding carboxylic acids is 1. The molecule has 0 rings (SSSR count). The molecule has 0 aromatic rings. The van der Waals surface area contributed by atoms with Crippen LogP contribution in [0.25, 0.3) is 0 Å². The van der Waals surface area contributed by atoms with E-state index >= 15 is 0 Å². The first-order valence-corrected chi connectivity index (χ1v) is 6.73. The zero-order valence-corrected chi connectivity index (χ0v) is 12.2. The average molecular weight is 274 g/mol. The molecular formula is C13H26N2O4. The molecule has 0 radical (unpaired) electrons. The highest BCUT2D eigenvalue weighted by Crippen LogP contribution is 2.07. The van der Waals surface area contributed by atoms with E-state index < -0.39 is 18.0 Å². The van der Waals surface area contributed by atoms with Gasteiger partial charge in [0, 0.05) is 13.2 Å². The monoisotopic (exact) mass is 274 g/mol. The van der Waals surface area contributed by atoms with E-state index in [4.69, 9.17) is 9.84 Å². The molecule has 0 aromatic carbocycles. The van der Waals surface area contributed by atoms with Crippen molar-refractivity contribution < 1.29 is 19.4 Å². The van der Waals surface area contributed by atoms with Crippen LogP contribution < -0.4 is 10.6 Å². The largest absolute Gasteiger partial charge is 0.480 e. The number of hydrogen-bond donors (Lipinski definition) is 3. The Balaban J connectivity index is 3.91. The summed E-state index contributed by atoms with van der Waals surface area (Å²) in [7, 11) is 0. The number of carboxylic acid groups (broad SMARTS) is 1. The normalized spacial score (nSPS) is 13.9. The van der Waals surface area contributed by atoms with Crippen molar-refractivity contribution in [2.45, 2.75) is 40.2 Å². The second-order valence-electron chi connectivity index (χ2n) is 5.07. The summed E-state index contributed by atoms with van der Waals surface area (Å²) in [5.41, 5.74) is 0. The van der Waals surface area contributed by atoms with Crippen LogP contribution in [0.4, 0.5) is 4.79 Å². The quantitative estimate of drug-likeness (QED) is 0.555. The summed E-state index contributed by atoms with van der Waals surface area (Å²) in [6.07, 6.45) is 0.689. The van der Waals surface area contributed by atoms with Crippen molar-refractivity contribution in [3.63, 3.8) is 0 Å². The number of nitrogens with one attached hydrogen (secondary N) is 2. The van der Waals surface area contributed by atoms with E-state index in [0.29, 0.717) is 32.1 Å². The summed E-state index contributed by atoms with van der Waals surface area (Å²) in [6, 6.07) is -1.33. The SMILES string of the molecule is CCC(C)C(NC(=O)NCCOCC(C)C)C(=O)O. The summed E-state index contributed by atoms with van der Waals surface area (Å²) in [5.74, 6) is -0.670. The highest BCUT2D eigenvalue weighted by Gasteiger charge is 2.24. The molecule has 2 unspecified atom stereocenters. The number of ether oxygens (including phenoxy) is 1. The van der Waals surface area contributed by atoms with Crippen LogP contribution in [0, 0.1) is 11.8 Å². The Morgan fingerprint density at radius 3 is 2.37 bits per heavy atom. The van der Waals surface area contributed by atoms with Crippen LogP contribution in [0.5, 0.6) is 0 Å². The number of carboxylic acids is 1. The standard InChI is InChI=1S/C13H26N2O4/c1-5-10(4)11(12(16)17)15-13(18)14-6-7-19-8-9(2)3/h9-11H,5-8H2,1-4H3,(H,16,17)(H2,14,15,18). The number of carbonyl (C=O) groups is 2. The van der Waals surface area contributed by atoms with Crippen molar-refractivity contribution in [1.29, 1.82) is 0 Å². The van der Waals surface area contributed by atoms with Gasteiger partial charge in [0.1, 0.15) is 6.04 Å². The lowest BCUT2D eigenvalue weighted by Crippen LogP contribution is -2.49. The van der Waals surface area contributed by atoms with Gasteiger partial charge in [-0.2, -0.15) is 0 Å². The molecule has 0 heterocycles. The zero-order valence-electron chi connectivity index (χ0n) is 12.2. The Morgan fingerprint density at radius 1 is 1.26 bits per heavy atom. The van der Waals surface area contributed by atoms with E-state index in [-0.39, 0.29) is 5.92 Å². The Morgan fingerprint density at radius 2 is 1.89 bits per heavy atom. The maximum atomic E-state index is 11.5. The van der Waals surface area contributed by atoms with Crippen LogP contribution >= 0.6 is 0 Å². The molecule has 0 fully saturated rings. The van der Waals surface area contributed by atoms with Crippen molar-refractivity contribution in [2.24, 2.45) is 11.8 Å². The molecular weight excluding hydrogens is 248 g/mol. The van der Waals surface area contributed by atoms with E-state index in [0.717, 1.165) is 0 Å². The van der Waals surface area contributed by atoms with Crippen LogP contribution in [0.3, 0.4) is 0 Å². The molecule has 0 saturated heterocycles. The maximum absolute atomic E-state index is 11.5. The zero-order chi connectivity index (χ0) is 14.8. The number of hydrogen-bond acceptors (Lipinski definition) is 3. The van der Waals surface area contributed by atoms with Gasteiger partial charge in [-0.3, -0.25) is 0 Å². The van der Waals surface area contributed by atoms with Crippen LogP contribution in [-0.4, -0.2) is 42.9 Å². The predicted octanol–water partition coefficient (Wildman–Crippen LogP) is 1.46. The van der Waals surface area contributed by atoms with Crippen molar-refractivity contribution in [2.75, 3.05) is 19.8 Å².